The third kappa shape index (κ3) is 3.55. The number of benzene rings is 1. The Morgan fingerprint density at radius 2 is 2.12 bits per heavy atom. The molecular weight excluding hydrogens is 228 g/mol. The first-order chi connectivity index (χ1) is 8.06. The highest BCUT2D eigenvalue weighted by atomic mass is 19.2. The summed E-state index contributed by atoms with van der Waals surface area (Å²) in [5, 5.41) is 2.51. The maximum absolute atomic E-state index is 13.4. The van der Waals surface area contributed by atoms with Crippen LogP contribution in [0.1, 0.15) is 12.5 Å². The lowest BCUT2D eigenvalue weighted by Gasteiger charge is -2.04. The Bertz CT molecular complexity index is 444. The first-order valence-corrected chi connectivity index (χ1v) is 4.99. The summed E-state index contributed by atoms with van der Waals surface area (Å²) in [6.07, 6.45) is 2.93. The van der Waals surface area contributed by atoms with E-state index in [4.69, 9.17) is 0 Å². The summed E-state index contributed by atoms with van der Waals surface area (Å²) in [5.74, 6) is -2.31. The van der Waals surface area contributed by atoms with Crippen LogP contribution in [-0.2, 0) is 4.79 Å². The van der Waals surface area contributed by atoms with Crippen LogP contribution in [0.25, 0.3) is 6.08 Å². The van der Waals surface area contributed by atoms with Gasteiger partial charge < -0.3 is 10.1 Å². The van der Waals surface area contributed by atoms with Crippen molar-refractivity contribution in [1.29, 1.82) is 0 Å². The second kappa shape index (κ2) is 5.98. The van der Waals surface area contributed by atoms with Gasteiger partial charge in [0.05, 0.1) is 7.11 Å². The van der Waals surface area contributed by atoms with E-state index in [9.17, 15) is 13.6 Å². The standard InChI is InChI=1S/C12H13F2NO2/c1-8(16)15-7-3-4-9-5-6-10(17-2)12(14)11(9)13/h3-6H,7H2,1-2H3,(H,15,16). The van der Waals surface area contributed by atoms with Crippen LogP contribution in [0.15, 0.2) is 18.2 Å². The molecule has 3 nitrogen and oxygen atoms in total. The SMILES string of the molecule is COc1ccc(C=CCNC(C)=O)c(F)c1F. The minimum absolute atomic E-state index is 0.105. The Labute approximate surface area is 98.1 Å². The highest BCUT2D eigenvalue weighted by Gasteiger charge is 2.11. The molecule has 0 aliphatic heterocycles. The molecule has 1 amide bonds. The van der Waals surface area contributed by atoms with Crippen molar-refractivity contribution in [2.75, 3.05) is 13.7 Å². The molecule has 0 radical (unpaired) electrons. The molecule has 0 atom stereocenters. The first kappa shape index (κ1) is 13.2. The van der Waals surface area contributed by atoms with Gasteiger partial charge in [-0.2, -0.15) is 4.39 Å². The van der Waals surface area contributed by atoms with Gasteiger partial charge in [-0.3, -0.25) is 4.79 Å². The zero-order valence-corrected chi connectivity index (χ0v) is 9.59. The number of carbonyl (C=O) groups is 1. The van der Waals surface area contributed by atoms with Crippen LogP contribution in [-0.4, -0.2) is 19.6 Å². The van der Waals surface area contributed by atoms with Gasteiger partial charge in [0.15, 0.2) is 11.6 Å². The third-order valence-corrected chi connectivity index (χ3v) is 2.06. The van der Waals surface area contributed by atoms with Crippen molar-refractivity contribution in [2.45, 2.75) is 6.92 Å². The van der Waals surface area contributed by atoms with Crippen molar-refractivity contribution in [2.24, 2.45) is 0 Å². The lowest BCUT2D eigenvalue weighted by molar-refractivity contribution is -0.118. The van der Waals surface area contributed by atoms with Crippen molar-refractivity contribution < 1.29 is 18.3 Å². The van der Waals surface area contributed by atoms with E-state index in [1.165, 1.54) is 38.3 Å². The van der Waals surface area contributed by atoms with Gasteiger partial charge in [-0.1, -0.05) is 12.2 Å². The molecule has 0 aliphatic rings. The number of carbonyl (C=O) groups excluding carboxylic acids is 1. The lowest BCUT2D eigenvalue weighted by Crippen LogP contribution is -2.19. The Balaban J connectivity index is 2.79. The van der Waals surface area contributed by atoms with Crippen molar-refractivity contribution in [1.82, 2.24) is 5.32 Å². The van der Waals surface area contributed by atoms with Crippen LogP contribution in [0.4, 0.5) is 8.78 Å². The number of hydrogen-bond donors (Lipinski definition) is 1. The maximum Gasteiger partial charge on any atom is 0.217 e. The Morgan fingerprint density at radius 3 is 2.71 bits per heavy atom. The summed E-state index contributed by atoms with van der Waals surface area (Å²) in [6.45, 7) is 1.64. The highest BCUT2D eigenvalue weighted by Crippen LogP contribution is 2.22. The van der Waals surface area contributed by atoms with Crippen LogP contribution < -0.4 is 10.1 Å². The number of rotatable bonds is 4. The van der Waals surface area contributed by atoms with Crippen LogP contribution in [0.5, 0.6) is 5.75 Å². The van der Waals surface area contributed by atoms with Crippen molar-refractivity contribution in [3.8, 4) is 5.75 Å². The van der Waals surface area contributed by atoms with Crippen molar-refractivity contribution >= 4 is 12.0 Å². The summed E-state index contributed by atoms with van der Waals surface area (Å²) in [6, 6.07) is 2.75. The molecule has 0 saturated heterocycles. The zero-order valence-electron chi connectivity index (χ0n) is 9.59. The molecule has 0 heterocycles. The van der Waals surface area contributed by atoms with Crippen LogP contribution in [0, 0.1) is 11.6 Å². The van der Waals surface area contributed by atoms with Gasteiger partial charge in [0.25, 0.3) is 0 Å². The van der Waals surface area contributed by atoms with E-state index in [2.05, 4.69) is 10.1 Å². The van der Waals surface area contributed by atoms with E-state index in [0.717, 1.165) is 0 Å². The highest BCUT2D eigenvalue weighted by molar-refractivity contribution is 5.73. The second-order valence-corrected chi connectivity index (χ2v) is 3.32. The van der Waals surface area contributed by atoms with Crippen molar-refractivity contribution in [3.05, 3.63) is 35.4 Å². The summed E-state index contributed by atoms with van der Waals surface area (Å²) in [4.78, 5) is 10.6. The molecule has 0 fully saturated rings. The molecule has 17 heavy (non-hydrogen) atoms. The number of halogens is 2. The summed E-state index contributed by atoms with van der Waals surface area (Å²) >= 11 is 0. The molecule has 1 aromatic carbocycles. The Hall–Kier alpha value is -1.91. The molecule has 1 aromatic rings. The minimum Gasteiger partial charge on any atom is -0.494 e. The van der Waals surface area contributed by atoms with Crippen molar-refractivity contribution in [3.63, 3.8) is 0 Å². The molecule has 0 aliphatic carbocycles. The van der Waals surface area contributed by atoms with Gasteiger partial charge in [-0.25, -0.2) is 4.39 Å². The van der Waals surface area contributed by atoms with E-state index >= 15 is 0 Å². The van der Waals surface area contributed by atoms with Gasteiger partial charge in [0, 0.05) is 19.0 Å². The van der Waals surface area contributed by atoms with Crippen LogP contribution in [0.3, 0.4) is 0 Å². The minimum atomic E-state index is -1.02. The van der Waals surface area contributed by atoms with Gasteiger partial charge in [0.1, 0.15) is 0 Å². The lowest BCUT2D eigenvalue weighted by atomic mass is 10.2. The predicted molar refractivity (Wildman–Crippen MR) is 60.6 cm³/mol. The topological polar surface area (TPSA) is 38.3 Å². The zero-order chi connectivity index (χ0) is 12.8. The molecule has 1 rings (SSSR count). The predicted octanol–water partition coefficient (Wildman–Crippen LogP) is 2.12. The van der Waals surface area contributed by atoms with E-state index in [-0.39, 0.29) is 23.8 Å². The third-order valence-electron chi connectivity index (χ3n) is 2.06. The quantitative estimate of drug-likeness (QED) is 0.876. The number of methoxy groups -OCH3 is 1. The first-order valence-electron chi connectivity index (χ1n) is 4.99. The fourth-order valence-corrected chi connectivity index (χ4v) is 1.22. The second-order valence-electron chi connectivity index (χ2n) is 3.32. The van der Waals surface area contributed by atoms with Gasteiger partial charge >= 0.3 is 0 Å². The molecule has 0 spiro atoms. The molecule has 1 N–H and O–H groups in total. The fourth-order valence-electron chi connectivity index (χ4n) is 1.22. The Morgan fingerprint density at radius 1 is 1.41 bits per heavy atom. The van der Waals surface area contributed by atoms with E-state index in [0.29, 0.717) is 0 Å². The van der Waals surface area contributed by atoms with Crippen LogP contribution >= 0.6 is 0 Å². The smallest absolute Gasteiger partial charge is 0.217 e. The molecule has 0 unspecified atom stereocenters. The monoisotopic (exact) mass is 241 g/mol. The average Bonchev–Trinajstić information content (AvgIpc) is 2.29. The fraction of sp³-hybridized carbons (Fsp3) is 0.250. The average molecular weight is 241 g/mol. The van der Waals surface area contributed by atoms with E-state index < -0.39 is 11.6 Å². The van der Waals surface area contributed by atoms with Gasteiger partial charge in [-0.15, -0.1) is 0 Å². The molecule has 0 aromatic heterocycles. The van der Waals surface area contributed by atoms with E-state index in [1.54, 1.807) is 0 Å². The molecule has 92 valence electrons. The molecule has 5 heteroatoms. The Kier molecular flexibility index (Phi) is 4.63. The summed E-state index contributed by atoms with van der Waals surface area (Å²) < 4.78 is 31.4. The summed E-state index contributed by atoms with van der Waals surface area (Å²) in [7, 11) is 1.27. The molecule has 0 bridgehead atoms. The normalized spacial score (nSPS) is 10.6. The van der Waals surface area contributed by atoms with Crippen LogP contribution in [0.2, 0.25) is 0 Å². The molecular formula is C12H13F2NO2. The largest absolute Gasteiger partial charge is 0.494 e. The number of amides is 1. The van der Waals surface area contributed by atoms with Gasteiger partial charge in [0.2, 0.25) is 11.7 Å². The summed E-state index contributed by atoms with van der Waals surface area (Å²) in [5.41, 5.74) is 0.105. The molecule has 0 saturated carbocycles. The number of ether oxygens (including phenoxy) is 1. The number of hydrogen-bond acceptors (Lipinski definition) is 2. The van der Waals surface area contributed by atoms with Gasteiger partial charge in [-0.05, 0) is 12.1 Å². The maximum atomic E-state index is 13.4. The number of nitrogens with one attached hydrogen (secondary N) is 1. The van der Waals surface area contributed by atoms with E-state index in [1.807, 2.05) is 0 Å².